The molecule has 3 heterocycles. The van der Waals surface area contributed by atoms with Gasteiger partial charge in [-0.2, -0.15) is 0 Å². The van der Waals surface area contributed by atoms with E-state index in [2.05, 4.69) is 20.2 Å². The average Bonchev–Trinajstić information content (AvgIpc) is 3.26. The Morgan fingerprint density at radius 2 is 2.03 bits per heavy atom. The summed E-state index contributed by atoms with van der Waals surface area (Å²) in [5, 5.41) is 16.2. The number of halogens is 1. The van der Waals surface area contributed by atoms with Crippen LogP contribution in [0, 0.1) is 5.82 Å². The number of likely N-dealkylation sites (tertiary alicyclic amines) is 1. The molecule has 30 heavy (non-hydrogen) atoms. The lowest BCUT2D eigenvalue weighted by atomic mass is 9.81. The summed E-state index contributed by atoms with van der Waals surface area (Å²) in [5.74, 6) is -0.740. The van der Waals surface area contributed by atoms with Crippen LogP contribution in [0.5, 0.6) is 0 Å². The van der Waals surface area contributed by atoms with Crippen molar-refractivity contribution in [2.24, 2.45) is 0 Å². The molecule has 6 nitrogen and oxygen atoms in total. The van der Waals surface area contributed by atoms with Crippen molar-refractivity contribution < 1.29 is 14.3 Å². The number of hydrogen-bond donors (Lipinski definition) is 2. The maximum absolute atomic E-state index is 13.3. The van der Waals surface area contributed by atoms with E-state index in [0.717, 1.165) is 10.4 Å². The Labute approximate surface area is 178 Å². The number of aliphatic hydroxyl groups is 1. The van der Waals surface area contributed by atoms with Gasteiger partial charge in [0.1, 0.15) is 12.1 Å². The first-order chi connectivity index (χ1) is 14.4. The first-order valence-electron chi connectivity index (χ1n) is 9.74. The molecule has 0 saturated carbocycles. The summed E-state index contributed by atoms with van der Waals surface area (Å²) >= 11 is 1.59. The van der Waals surface area contributed by atoms with Gasteiger partial charge in [0.2, 0.25) is 0 Å². The van der Waals surface area contributed by atoms with Crippen molar-refractivity contribution in [2.45, 2.75) is 37.6 Å². The number of piperidine rings is 1. The normalized spacial score (nSPS) is 24.5. The van der Waals surface area contributed by atoms with Crippen LogP contribution in [0.25, 0.3) is 0 Å². The average molecular weight is 427 g/mol. The van der Waals surface area contributed by atoms with Gasteiger partial charge < -0.3 is 10.4 Å². The van der Waals surface area contributed by atoms with E-state index >= 15 is 0 Å². The van der Waals surface area contributed by atoms with Gasteiger partial charge in [0.05, 0.1) is 17.7 Å². The second-order valence-corrected chi connectivity index (χ2v) is 8.72. The van der Waals surface area contributed by atoms with Gasteiger partial charge in [-0.05, 0) is 49.1 Å². The second-order valence-electron chi connectivity index (χ2n) is 7.74. The molecule has 1 aliphatic rings. The highest BCUT2D eigenvalue weighted by Crippen LogP contribution is 2.39. The predicted molar refractivity (Wildman–Crippen MR) is 112 cm³/mol. The summed E-state index contributed by atoms with van der Waals surface area (Å²) in [6, 6.07) is 8.61. The number of hydrogen-bond acceptors (Lipinski definition) is 6. The molecule has 1 saturated heterocycles. The Morgan fingerprint density at radius 1 is 1.30 bits per heavy atom. The molecule has 156 valence electrons. The first-order valence-corrected chi connectivity index (χ1v) is 10.6. The van der Waals surface area contributed by atoms with E-state index in [-0.39, 0.29) is 11.9 Å². The Morgan fingerprint density at radius 3 is 2.70 bits per heavy atom. The second kappa shape index (κ2) is 8.59. The molecule has 3 aromatic rings. The molecule has 0 aliphatic carbocycles. The van der Waals surface area contributed by atoms with Crippen LogP contribution in [-0.4, -0.2) is 44.1 Å². The van der Waals surface area contributed by atoms with Gasteiger partial charge >= 0.3 is 0 Å². The molecule has 1 amide bonds. The van der Waals surface area contributed by atoms with E-state index in [1.165, 1.54) is 30.6 Å². The number of aromatic nitrogens is 2. The van der Waals surface area contributed by atoms with Crippen LogP contribution >= 0.6 is 11.3 Å². The summed E-state index contributed by atoms with van der Waals surface area (Å²) in [6.45, 7) is 3.02. The highest BCUT2D eigenvalue weighted by Gasteiger charge is 2.46. The minimum absolute atomic E-state index is 0.224. The number of nitrogens with zero attached hydrogens (tertiary/aromatic N) is 3. The Balaban J connectivity index is 1.65. The topological polar surface area (TPSA) is 78.3 Å². The van der Waals surface area contributed by atoms with E-state index in [0.29, 0.717) is 25.1 Å². The summed E-state index contributed by atoms with van der Waals surface area (Å²) in [5.41, 5.74) is 0.212. The van der Waals surface area contributed by atoms with Crippen LogP contribution < -0.4 is 5.32 Å². The standard InChI is InChI=1S/C22H23FN4O2S/c1-22(29)8-9-27(13-15-11-24-14-25-12-15)19(18-3-2-10-30-18)20(22)26-21(28)16-4-6-17(23)7-5-16/h2-7,10-12,14,19-20,29H,8-9,13H2,1H3,(H,26,28)/t19-,20-,22+/m0/s1. The van der Waals surface area contributed by atoms with Crippen molar-refractivity contribution in [1.82, 2.24) is 20.2 Å². The lowest BCUT2D eigenvalue weighted by Crippen LogP contribution is -2.62. The van der Waals surface area contributed by atoms with Crippen LogP contribution in [0.2, 0.25) is 0 Å². The molecular weight excluding hydrogens is 403 g/mol. The molecule has 2 N–H and O–H groups in total. The number of thiophene rings is 1. The smallest absolute Gasteiger partial charge is 0.251 e. The largest absolute Gasteiger partial charge is 0.388 e. The number of nitrogens with one attached hydrogen (secondary N) is 1. The third-order valence-corrected chi connectivity index (χ3v) is 6.45. The molecule has 1 aromatic carbocycles. The molecule has 2 aromatic heterocycles. The first kappa shape index (κ1) is 20.6. The van der Waals surface area contributed by atoms with E-state index in [9.17, 15) is 14.3 Å². The van der Waals surface area contributed by atoms with Crippen molar-refractivity contribution in [1.29, 1.82) is 0 Å². The predicted octanol–water partition coefficient (Wildman–Crippen LogP) is 3.17. The van der Waals surface area contributed by atoms with Crippen LogP contribution in [0.1, 0.15) is 40.2 Å². The van der Waals surface area contributed by atoms with Crippen molar-refractivity contribution >= 4 is 17.2 Å². The fourth-order valence-electron chi connectivity index (χ4n) is 3.90. The highest BCUT2D eigenvalue weighted by molar-refractivity contribution is 7.10. The third-order valence-electron chi connectivity index (χ3n) is 5.51. The number of amides is 1. The lowest BCUT2D eigenvalue weighted by Gasteiger charge is -2.48. The fourth-order valence-corrected chi connectivity index (χ4v) is 4.80. The quantitative estimate of drug-likeness (QED) is 0.655. The zero-order valence-corrected chi connectivity index (χ0v) is 17.3. The summed E-state index contributed by atoms with van der Waals surface area (Å²) in [4.78, 5) is 24.4. The summed E-state index contributed by atoms with van der Waals surface area (Å²) in [7, 11) is 0. The Hall–Kier alpha value is -2.68. The number of carbonyl (C=O) groups excluding carboxylic acids is 1. The minimum atomic E-state index is -1.10. The number of carbonyl (C=O) groups is 1. The molecule has 0 unspecified atom stereocenters. The molecule has 4 rings (SSSR count). The zero-order chi connectivity index (χ0) is 21.1. The summed E-state index contributed by atoms with van der Waals surface area (Å²) in [6.07, 6.45) is 5.54. The maximum atomic E-state index is 13.3. The SMILES string of the molecule is C[C@@]1(O)CCN(Cc2cncnc2)[C@@H](c2cccs2)[C@@H]1NC(=O)c1ccc(F)cc1. The van der Waals surface area contributed by atoms with Gasteiger partial charge in [0.15, 0.2) is 0 Å². The van der Waals surface area contributed by atoms with E-state index in [1.807, 2.05) is 17.5 Å². The highest BCUT2D eigenvalue weighted by atomic mass is 32.1. The molecule has 0 radical (unpaired) electrons. The Kier molecular flexibility index (Phi) is 5.90. The van der Waals surface area contributed by atoms with Gasteiger partial charge in [0, 0.05) is 41.5 Å². The van der Waals surface area contributed by atoms with Gasteiger partial charge in [-0.1, -0.05) is 6.07 Å². The molecule has 1 aliphatic heterocycles. The van der Waals surface area contributed by atoms with Crippen molar-refractivity contribution in [3.8, 4) is 0 Å². The van der Waals surface area contributed by atoms with Crippen LogP contribution in [0.15, 0.2) is 60.5 Å². The zero-order valence-electron chi connectivity index (χ0n) is 16.5. The molecule has 3 atom stereocenters. The van der Waals surface area contributed by atoms with E-state index < -0.39 is 17.5 Å². The maximum Gasteiger partial charge on any atom is 0.251 e. The molecule has 0 bridgehead atoms. The van der Waals surface area contributed by atoms with Gasteiger partial charge in [-0.25, -0.2) is 14.4 Å². The van der Waals surface area contributed by atoms with Crippen molar-refractivity contribution in [3.05, 3.63) is 82.3 Å². The van der Waals surface area contributed by atoms with Gasteiger partial charge in [0.25, 0.3) is 5.91 Å². The number of benzene rings is 1. The fraction of sp³-hybridized carbons (Fsp3) is 0.318. The lowest BCUT2D eigenvalue weighted by molar-refractivity contribution is -0.0656. The van der Waals surface area contributed by atoms with Crippen LogP contribution in [0.3, 0.4) is 0 Å². The Bertz CT molecular complexity index is 980. The number of rotatable bonds is 5. The van der Waals surface area contributed by atoms with Gasteiger partial charge in [-0.3, -0.25) is 9.69 Å². The molecule has 8 heteroatoms. The molecular formula is C22H23FN4O2S. The molecule has 1 fully saturated rings. The summed E-state index contributed by atoms with van der Waals surface area (Å²) < 4.78 is 13.3. The van der Waals surface area contributed by atoms with E-state index in [1.54, 1.807) is 30.7 Å². The van der Waals surface area contributed by atoms with E-state index in [4.69, 9.17) is 0 Å². The minimum Gasteiger partial charge on any atom is -0.388 e. The molecule has 0 spiro atoms. The van der Waals surface area contributed by atoms with Crippen LogP contribution in [-0.2, 0) is 6.54 Å². The van der Waals surface area contributed by atoms with Gasteiger partial charge in [-0.15, -0.1) is 11.3 Å². The monoisotopic (exact) mass is 426 g/mol. The van der Waals surface area contributed by atoms with Crippen molar-refractivity contribution in [3.63, 3.8) is 0 Å². The van der Waals surface area contributed by atoms with Crippen LogP contribution in [0.4, 0.5) is 4.39 Å². The van der Waals surface area contributed by atoms with Crippen molar-refractivity contribution in [2.75, 3.05) is 6.54 Å². The third kappa shape index (κ3) is 4.40.